The molecule has 0 N–H and O–H groups in total. The second-order valence-electron chi connectivity index (χ2n) is 5.90. The van der Waals surface area contributed by atoms with E-state index in [0.717, 1.165) is 11.5 Å². The third-order valence-electron chi connectivity index (χ3n) is 2.99. The van der Waals surface area contributed by atoms with Gasteiger partial charge in [-0.05, 0) is 18.6 Å². The maximum atomic E-state index is 6.10. The number of benzene rings is 1. The van der Waals surface area contributed by atoms with E-state index in [2.05, 4.69) is 61.9 Å². The lowest BCUT2D eigenvalue weighted by molar-refractivity contribution is 0.563. The molecule has 0 saturated carbocycles. The number of hydrogen-bond donors (Lipinski definition) is 0. The van der Waals surface area contributed by atoms with Crippen LogP contribution in [0.25, 0.3) is 0 Å². The number of aromatic nitrogens is 2. The van der Waals surface area contributed by atoms with Gasteiger partial charge in [-0.3, -0.25) is 0 Å². The average molecular weight is 275 g/mol. The molecule has 0 aliphatic heterocycles. The summed E-state index contributed by atoms with van der Waals surface area (Å²) in [7, 11) is 0. The van der Waals surface area contributed by atoms with E-state index in [1.807, 2.05) is 6.07 Å². The second-order valence-corrected chi connectivity index (χ2v) is 6.29. The van der Waals surface area contributed by atoms with Crippen LogP contribution in [0.1, 0.15) is 43.4 Å². The minimum atomic E-state index is -0.0192. The molecule has 0 amide bonds. The van der Waals surface area contributed by atoms with Crippen LogP contribution >= 0.6 is 11.6 Å². The highest BCUT2D eigenvalue weighted by Gasteiger charge is 2.17. The molecule has 0 saturated heterocycles. The van der Waals surface area contributed by atoms with Crippen LogP contribution in [0.5, 0.6) is 0 Å². The smallest absolute Gasteiger partial charge is 0.134 e. The van der Waals surface area contributed by atoms with Gasteiger partial charge in [0.15, 0.2) is 0 Å². The van der Waals surface area contributed by atoms with Gasteiger partial charge in [-0.15, -0.1) is 0 Å². The zero-order valence-electron chi connectivity index (χ0n) is 11.9. The molecule has 0 fully saturated rings. The SMILES string of the molecule is Cc1ccc(Cc2nc(Cl)cc(C(C)(C)C)n2)cc1. The Morgan fingerprint density at radius 2 is 1.68 bits per heavy atom. The molecule has 0 bridgehead atoms. The first-order chi connectivity index (χ1) is 8.84. The van der Waals surface area contributed by atoms with Crippen molar-refractivity contribution in [2.24, 2.45) is 0 Å². The molecule has 0 radical (unpaired) electrons. The standard InChI is InChI=1S/C16H19ClN2/c1-11-5-7-12(8-6-11)9-15-18-13(16(2,3)4)10-14(17)19-15/h5-8,10H,9H2,1-4H3. The van der Waals surface area contributed by atoms with Crippen molar-refractivity contribution < 1.29 is 0 Å². The summed E-state index contributed by atoms with van der Waals surface area (Å²) in [5, 5.41) is 0.516. The van der Waals surface area contributed by atoms with Crippen molar-refractivity contribution >= 4 is 11.6 Å². The molecule has 2 rings (SSSR count). The largest absolute Gasteiger partial charge is 0.237 e. The Balaban J connectivity index is 2.30. The fraction of sp³-hybridized carbons (Fsp3) is 0.375. The van der Waals surface area contributed by atoms with Gasteiger partial charge < -0.3 is 0 Å². The van der Waals surface area contributed by atoms with E-state index >= 15 is 0 Å². The summed E-state index contributed by atoms with van der Waals surface area (Å²) < 4.78 is 0. The first-order valence-corrected chi connectivity index (χ1v) is 6.82. The van der Waals surface area contributed by atoms with E-state index in [1.54, 1.807) is 0 Å². The molecule has 0 atom stereocenters. The van der Waals surface area contributed by atoms with Crippen molar-refractivity contribution in [3.63, 3.8) is 0 Å². The lowest BCUT2D eigenvalue weighted by Gasteiger charge is -2.18. The van der Waals surface area contributed by atoms with Crippen LogP contribution in [-0.2, 0) is 11.8 Å². The van der Waals surface area contributed by atoms with E-state index in [9.17, 15) is 0 Å². The van der Waals surface area contributed by atoms with E-state index in [-0.39, 0.29) is 5.41 Å². The quantitative estimate of drug-likeness (QED) is 0.762. The molecule has 0 aliphatic carbocycles. The minimum absolute atomic E-state index is 0.0192. The van der Waals surface area contributed by atoms with Gasteiger partial charge in [0, 0.05) is 11.8 Å². The molecular formula is C16H19ClN2. The van der Waals surface area contributed by atoms with Crippen molar-refractivity contribution in [2.45, 2.75) is 39.5 Å². The van der Waals surface area contributed by atoms with E-state index in [1.165, 1.54) is 11.1 Å². The van der Waals surface area contributed by atoms with Crippen LogP contribution in [0, 0.1) is 6.92 Å². The van der Waals surface area contributed by atoms with E-state index < -0.39 is 0 Å². The summed E-state index contributed by atoms with van der Waals surface area (Å²) in [6.07, 6.45) is 0.712. The fourth-order valence-electron chi connectivity index (χ4n) is 1.82. The predicted molar refractivity (Wildman–Crippen MR) is 79.7 cm³/mol. The molecule has 2 aromatic rings. The summed E-state index contributed by atoms with van der Waals surface area (Å²) in [6.45, 7) is 8.46. The van der Waals surface area contributed by atoms with Crippen LogP contribution in [0.15, 0.2) is 30.3 Å². The normalized spacial score (nSPS) is 11.6. The lowest BCUT2D eigenvalue weighted by Crippen LogP contribution is -2.15. The molecule has 2 nitrogen and oxygen atoms in total. The Hall–Kier alpha value is -1.41. The summed E-state index contributed by atoms with van der Waals surface area (Å²) in [6, 6.07) is 10.3. The van der Waals surface area contributed by atoms with Crippen molar-refractivity contribution in [3.8, 4) is 0 Å². The third kappa shape index (κ3) is 3.77. The second kappa shape index (κ2) is 5.30. The van der Waals surface area contributed by atoms with E-state index in [4.69, 9.17) is 11.6 Å². The topological polar surface area (TPSA) is 25.8 Å². The van der Waals surface area contributed by atoms with Gasteiger partial charge in [-0.1, -0.05) is 62.2 Å². The highest BCUT2D eigenvalue weighted by molar-refractivity contribution is 6.29. The van der Waals surface area contributed by atoms with Crippen LogP contribution in [0.3, 0.4) is 0 Å². The molecule has 0 unspecified atom stereocenters. The van der Waals surface area contributed by atoms with Gasteiger partial charge in [-0.2, -0.15) is 0 Å². The van der Waals surface area contributed by atoms with Gasteiger partial charge in [-0.25, -0.2) is 9.97 Å². The van der Waals surface area contributed by atoms with Crippen molar-refractivity contribution in [1.82, 2.24) is 9.97 Å². The van der Waals surface area contributed by atoms with Crippen LogP contribution in [0.2, 0.25) is 5.15 Å². The Bertz CT molecular complexity index is 568. The summed E-state index contributed by atoms with van der Waals surface area (Å²) >= 11 is 6.10. The number of hydrogen-bond acceptors (Lipinski definition) is 2. The van der Waals surface area contributed by atoms with Gasteiger partial charge in [0.1, 0.15) is 11.0 Å². The molecule has 0 spiro atoms. The number of nitrogens with zero attached hydrogens (tertiary/aromatic N) is 2. The summed E-state index contributed by atoms with van der Waals surface area (Å²) in [5.74, 6) is 0.779. The zero-order chi connectivity index (χ0) is 14.0. The molecule has 3 heteroatoms. The molecule has 1 heterocycles. The monoisotopic (exact) mass is 274 g/mol. The van der Waals surface area contributed by atoms with Gasteiger partial charge in [0.05, 0.1) is 5.69 Å². The molecule has 1 aromatic carbocycles. The molecular weight excluding hydrogens is 256 g/mol. The Labute approximate surface area is 119 Å². The Morgan fingerprint density at radius 3 is 2.26 bits per heavy atom. The first-order valence-electron chi connectivity index (χ1n) is 6.44. The van der Waals surface area contributed by atoms with Gasteiger partial charge in [0.25, 0.3) is 0 Å². The molecule has 0 aliphatic rings. The maximum absolute atomic E-state index is 6.10. The van der Waals surface area contributed by atoms with E-state index in [0.29, 0.717) is 11.6 Å². The number of rotatable bonds is 2. The zero-order valence-corrected chi connectivity index (χ0v) is 12.6. The highest BCUT2D eigenvalue weighted by Crippen LogP contribution is 2.22. The minimum Gasteiger partial charge on any atom is -0.237 e. The molecule has 1 aromatic heterocycles. The molecule has 100 valence electrons. The van der Waals surface area contributed by atoms with Crippen LogP contribution < -0.4 is 0 Å². The summed E-state index contributed by atoms with van der Waals surface area (Å²) in [4.78, 5) is 8.95. The summed E-state index contributed by atoms with van der Waals surface area (Å²) in [5.41, 5.74) is 3.42. The lowest BCUT2D eigenvalue weighted by atomic mass is 9.92. The van der Waals surface area contributed by atoms with Crippen molar-refractivity contribution in [2.75, 3.05) is 0 Å². The van der Waals surface area contributed by atoms with Gasteiger partial charge >= 0.3 is 0 Å². The third-order valence-corrected chi connectivity index (χ3v) is 3.19. The van der Waals surface area contributed by atoms with Crippen LogP contribution in [0.4, 0.5) is 0 Å². The number of aryl methyl sites for hydroxylation is 1. The Kier molecular flexibility index (Phi) is 3.91. The highest BCUT2D eigenvalue weighted by atomic mass is 35.5. The number of halogens is 1. The molecule has 19 heavy (non-hydrogen) atoms. The average Bonchev–Trinajstić information content (AvgIpc) is 2.30. The first kappa shape index (κ1) is 14.0. The van der Waals surface area contributed by atoms with Crippen molar-refractivity contribution in [3.05, 3.63) is 58.1 Å². The van der Waals surface area contributed by atoms with Gasteiger partial charge in [0.2, 0.25) is 0 Å². The van der Waals surface area contributed by atoms with Crippen molar-refractivity contribution in [1.29, 1.82) is 0 Å². The predicted octanol–water partition coefficient (Wildman–Crippen LogP) is 4.33. The van der Waals surface area contributed by atoms with Crippen LogP contribution in [-0.4, -0.2) is 9.97 Å². The fourth-order valence-corrected chi connectivity index (χ4v) is 2.02. The Morgan fingerprint density at radius 1 is 1.05 bits per heavy atom. The maximum Gasteiger partial charge on any atom is 0.134 e.